The summed E-state index contributed by atoms with van der Waals surface area (Å²) >= 11 is 1.76. The Hall–Kier alpha value is -1.56. The molecule has 2 aliphatic rings. The number of amides is 1. The molecule has 6 heteroatoms. The van der Waals surface area contributed by atoms with Gasteiger partial charge in [0.25, 0.3) is 0 Å². The van der Waals surface area contributed by atoms with Gasteiger partial charge in [-0.2, -0.15) is 0 Å². The van der Waals surface area contributed by atoms with Crippen molar-refractivity contribution >= 4 is 23.2 Å². The Morgan fingerprint density at radius 2 is 2.17 bits per heavy atom. The van der Waals surface area contributed by atoms with Gasteiger partial charge in [-0.1, -0.05) is 12.8 Å². The zero-order valence-corrected chi connectivity index (χ0v) is 15.5. The molecule has 5 nitrogen and oxygen atoms in total. The number of aryl methyl sites for hydroxylation is 1. The van der Waals surface area contributed by atoms with Gasteiger partial charge in [-0.3, -0.25) is 9.79 Å². The number of nitrogens with zero attached hydrogens (tertiary/aromatic N) is 2. The number of likely N-dealkylation sites (tertiary alicyclic amines) is 1. The van der Waals surface area contributed by atoms with Crippen molar-refractivity contribution in [3.63, 3.8) is 0 Å². The topological polar surface area (TPSA) is 56.7 Å². The second-order valence-corrected chi connectivity index (χ2v) is 7.85. The lowest BCUT2D eigenvalue weighted by atomic mass is 10.1. The van der Waals surface area contributed by atoms with Crippen LogP contribution in [0.1, 0.15) is 42.5 Å². The summed E-state index contributed by atoms with van der Waals surface area (Å²) in [5, 5.41) is 8.97. The third-order valence-corrected chi connectivity index (χ3v) is 6.18. The summed E-state index contributed by atoms with van der Waals surface area (Å²) in [6, 6.07) is 2.44. The van der Waals surface area contributed by atoms with E-state index in [1.165, 1.54) is 23.3 Å². The number of carbonyl (C=O) groups is 1. The number of aliphatic imine (C=N–C) groups is 1. The summed E-state index contributed by atoms with van der Waals surface area (Å²) in [6.07, 6.45) is 5.58. The normalized spacial score (nSPS) is 22.2. The Labute approximate surface area is 148 Å². The molecule has 0 aromatic carbocycles. The molecule has 2 N–H and O–H groups in total. The highest BCUT2D eigenvalue weighted by Crippen LogP contribution is 2.27. The van der Waals surface area contributed by atoms with Crippen molar-refractivity contribution < 1.29 is 4.79 Å². The highest BCUT2D eigenvalue weighted by Gasteiger charge is 2.32. The summed E-state index contributed by atoms with van der Waals surface area (Å²) < 4.78 is 0. The fourth-order valence-corrected chi connectivity index (χ4v) is 4.49. The molecule has 24 heavy (non-hydrogen) atoms. The third kappa shape index (κ3) is 4.09. The van der Waals surface area contributed by atoms with Crippen LogP contribution in [-0.2, 0) is 11.3 Å². The van der Waals surface area contributed by atoms with E-state index in [2.05, 4.69) is 34.0 Å². The summed E-state index contributed by atoms with van der Waals surface area (Å²) in [5.74, 6) is 1.47. The molecule has 1 aliphatic carbocycles. The minimum absolute atomic E-state index is 0.281. The molecule has 1 aromatic heterocycles. The lowest BCUT2D eigenvalue weighted by Crippen LogP contribution is -2.45. The number of guanidine groups is 1. The number of hydrogen-bond donors (Lipinski definition) is 2. The Kier molecular flexibility index (Phi) is 5.76. The monoisotopic (exact) mass is 348 g/mol. The molecular weight excluding hydrogens is 320 g/mol. The number of hydrogen-bond acceptors (Lipinski definition) is 3. The van der Waals surface area contributed by atoms with E-state index in [0.29, 0.717) is 11.9 Å². The molecule has 1 saturated carbocycles. The van der Waals surface area contributed by atoms with Crippen LogP contribution in [0.4, 0.5) is 0 Å². The van der Waals surface area contributed by atoms with E-state index < -0.39 is 0 Å². The quantitative estimate of drug-likeness (QED) is 0.649. The van der Waals surface area contributed by atoms with E-state index in [0.717, 1.165) is 44.9 Å². The van der Waals surface area contributed by atoms with Crippen LogP contribution in [0.15, 0.2) is 16.4 Å². The van der Waals surface area contributed by atoms with E-state index in [4.69, 9.17) is 0 Å². The summed E-state index contributed by atoms with van der Waals surface area (Å²) in [7, 11) is 1.80. The molecule has 2 fully saturated rings. The predicted molar refractivity (Wildman–Crippen MR) is 99.3 cm³/mol. The maximum absolute atomic E-state index is 12.5. The van der Waals surface area contributed by atoms with Crippen LogP contribution < -0.4 is 10.6 Å². The van der Waals surface area contributed by atoms with Gasteiger partial charge in [0.1, 0.15) is 0 Å². The van der Waals surface area contributed by atoms with Crippen LogP contribution in [0, 0.1) is 12.8 Å². The van der Waals surface area contributed by atoms with Gasteiger partial charge in [-0.05, 0) is 43.2 Å². The predicted octanol–water partition coefficient (Wildman–Crippen LogP) is 2.51. The van der Waals surface area contributed by atoms with Crippen LogP contribution in [0.5, 0.6) is 0 Å². The van der Waals surface area contributed by atoms with E-state index >= 15 is 0 Å². The highest BCUT2D eigenvalue weighted by molar-refractivity contribution is 7.10. The fourth-order valence-electron chi connectivity index (χ4n) is 3.65. The van der Waals surface area contributed by atoms with E-state index in [-0.39, 0.29) is 5.92 Å². The average Bonchev–Trinajstić information content (AvgIpc) is 3.33. The van der Waals surface area contributed by atoms with Crippen molar-refractivity contribution in [2.24, 2.45) is 10.9 Å². The Morgan fingerprint density at radius 1 is 1.38 bits per heavy atom. The van der Waals surface area contributed by atoms with Crippen molar-refractivity contribution in [2.45, 2.75) is 51.6 Å². The van der Waals surface area contributed by atoms with Crippen molar-refractivity contribution in [2.75, 3.05) is 20.1 Å². The van der Waals surface area contributed by atoms with Crippen LogP contribution >= 0.6 is 11.3 Å². The first kappa shape index (κ1) is 17.3. The zero-order chi connectivity index (χ0) is 16.9. The molecule has 0 radical (unpaired) electrons. The van der Waals surface area contributed by atoms with Crippen LogP contribution in [0.3, 0.4) is 0 Å². The molecule has 0 bridgehead atoms. The molecule has 1 amide bonds. The highest BCUT2D eigenvalue weighted by atomic mass is 32.1. The largest absolute Gasteiger partial charge is 0.352 e. The maximum atomic E-state index is 12.5. The van der Waals surface area contributed by atoms with Gasteiger partial charge in [-0.15, -0.1) is 11.3 Å². The van der Waals surface area contributed by atoms with Gasteiger partial charge >= 0.3 is 0 Å². The number of carbonyl (C=O) groups excluding carboxylic acids is 1. The van der Waals surface area contributed by atoms with E-state index in [1.807, 2.05) is 4.90 Å². The van der Waals surface area contributed by atoms with Crippen molar-refractivity contribution in [3.05, 3.63) is 21.9 Å². The second-order valence-electron chi connectivity index (χ2n) is 6.85. The molecule has 0 spiro atoms. The first-order valence-corrected chi connectivity index (χ1v) is 9.84. The first-order chi connectivity index (χ1) is 11.7. The average molecular weight is 349 g/mol. The Bertz CT molecular complexity index is 592. The lowest BCUT2D eigenvalue weighted by Gasteiger charge is -2.21. The van der Waals surface area contributed by atoms with Crippen molar-refractivity contribution in [3.8, 4) is 0 Å². The molecule has 1 unspecified atom stereocenters. The van der Waals surface area contributed by atoms with Gasteiger partial charge in [0.2, 0.25) is 5.91 Å². The Morgan fingerprint density at radius 3 is 2.83 bits per heavy atom. The summed E-state index contributed by atoms with van der Waals surface area (Å²) in [5.41, 5.74) is 1.32. The molecule has 1 aliphatic heterocycles. The first-order valence-electron chi connectivity index (χ1n) is 8.96. The minimum Gasteiger partial charge on any atom is -0.352 e. The number of thiophene rings is 1. The smallest absolute Gasteiger partial charge is 0.225 e. The molecular formula is C18H28N4OS. The molecule has 1 aromatic rings. The van der Waals surface area contributed by atoms with Crippen LogP contribution in [-0.4, -0.2) is 42.9 Å². The van der Waals surface area contributed by atoms with Gasteiger partial charge in [-0.25, -0.2) is 0 Å². The fraction of sp³-hybridized carbons (Fsp3) is 0.667. The summed E-state index contributed by atoms with van der Waals surface area (Å²) in [6.45, 7) is 4.59. The van der Waals surface area contributed by atoms with Crippen LogP contribution in [0.25, 0.3) is 0 Å². The molecule has 3 rings (SSSR count). The second kappa shape index (κ2) is 8.01. The maximum Gasteiger partial charge on any atom is 0.225 e. The van der Waals surface area contributed by atoms with Crippen LogP contribution in [0.2, 0.25) is 0 Å². The van der Waals surface area contributed by atoms with Gasteiger partial charge in [0.15, 0.2) is 5.96 Å². The molecule has 2 heterocycles. The van der Waals surface area contributed by atoms with E-state index in [1.54, 1.807) is 18.4 Å². The third-order valence-electron chi connectivity index (χ3n) is 5.15. The van der Waals surface area contributed by atoms with E-state index in [9.17, 15) is 4.79 Å². The summed E-state index contributed by atoms with van der Waals surface area (Å²) in [4.78, 5) is 20.2. The van der Waals surface area contributed by atoms with Gasteiger partial charge in [0, 0.05) is 37.0 Å². The number of rotatable bonds is 4. The van der Waals surface area contributed by atoms with Gasteiger partial charge in [0.05, 0.1) is 6.54 Å². The SMILES string of the molecule is CN=C(NCc1sccc1C)NC1CCN(C(=O)C2CCCC2)C1. The standard InChI is InChI=1S/C18H28N4OS/c1-13-8-10-24-16(13)11-20-18(19-2)21-15-7-9-22(12-15)17(23)14-5-3-4-6-14/h8,10,14-15H,3-7,9,11-12H2,1-2H3,(H2,19,20,21). The molecule has 1 saturated heterocycles. The minimum atomic E-state index is 0.281. The zero-order valence-electron chi connectivity index (χ0n) is 14.7. The molecule has 1 atom stereocenters. The van der Waals surface area contributed by atoms with Crippen molar-refractivity contribution in [1.82, 2.24) is 15.5 Å². The molecule has 132 valence electrons. The lowest BCUT2D eigenvalue weighted by molar-refractivity contribution is -0.134. The van der Waals surface area contributed by atoms with Crippen molar-refractivity contribution in [1.29, 1.82) is 0 Å². The number of nitrogens with one attached hydrogen (secondary N) is 2. The Balaban J connectivity index is 1.46. The van der Waals surface area contributed by atoms with Gasteiger partial charge < -0.3 is 15.5 Å².